The van der Waals surface area contributed by atoms with Gasteiger partial charge in [0.05, 0.1) is 16.5 Å². The van der Waals surface area contributed by atoms with Crippen LogP contribution >= 0.6 is 24.0 Å². The molecule has 0 spiro atoms. The van der Waals surface area contributed by atoms with Crippen LogP contribution in [0, 0.1) is 0 Å². The first-order valence-electron chi connectivity index (χ1n) is 5.00. The van der Waals surface area contributed by atoms with Crippen molar-refractivity contribution in [1.29, 1.82) is 0 Å². The van der Waals surface area contributed by atoms with Crippen molar-refractivity contribution in [3.8, 4) is 10.7 Å². The quantitative estimate of drug-likeness (QED) is 0.685. The number of ether oxygens (including phenoxy) is 1. The fourth-order valence-corrected chi connectivity index (χ4v) is 2.42. The molecular formula is C11H10N2O2S2. The molecule has 0 atom stereocenters. The third-order valence-electron chi connectivity index (χ3n) is 1.96. The van der Waals surface area contributed by atoms with Gasteiger partial charge in [-0.05, 0) is 19.1 Å². The molecule has 88 valence electrons. The van der Waals surface area contributed by atoms with Crippen molar-refractivity contribution in [2.24, 2.45) is 0 Å². The molecule has 0 aliphatic carbocycles. The second-order valence-electron chi connectivity index (χ2n) is 3.11. The Hall–Kier alpha value is -1.40. The Balaban J connectivity index is 2.34. The van der Waals surface area contributed by atoms with E-state index in [4.69, 9.17) is 4.74 Å². The number of carbonyl (C=O) groups excluding carboxylic acids is 1. The molecule has 0 N–H and O–H groups in total. The van der Waals surface area contributed by atoms with Crippen molar-refractivity contribution >= 4 is 29.9 Å². The second-order valence-corrected chi connectivity index (χ2v) is 4.86. The Morgan fingerprint density at radius 1 is 1.53 bits per heavy atom. The summed E-state index contributed by atoms with van der Waals surface area (Å²) >= 11 is 5.54. The topological polar surface area (TPSA) is 52.1 Å². The Bertz CT molecular complexity index is 526. The van der Waals surface area contributed by atoms with Crippen LogP contribution in [-0.4, -0.2) is 22.5 Å². The van der Waals surface area contributed by atoms with E-state index in [0.29, 0.717) is 15.8 Å². The monoisotopic (exact) mass is 266 g/mol. The molecule has 17 heavy (non-hydrogen) atoms. The largest absolute Gasteiger partial charge is 0.461 e. The molecular weight excluding hydrogens is 256 g/mol. The smallest absolute Gasteiger partial charge is 0.359 e. The third kappa shape index (κ3) is 2.65. The van der Waals surface area contributed by atoms with Gasteiger partial charge in [-0.1, -0.05) is 6.07 Å². The fraction of sp³-hybridized carbons (Fsp3) is 0.182. The first-order valence-corrected chi connectivity index (χ1v) is 6.27. The van der Waals surface area contributed by atoms with Crippen LogP contribution in [0.2, 0.25) is 0 Å². The molecule has 0 fully saturated rings. The lowest BCUT2D eigenvalue weighted by Crippen LogP contribution is -2.05. The van der Waals surface area contributed by atoms with Gasteiger partial charge in [0.25, 0.3) is 0 Å². The lowest BCUT2D eigenvalue weighted by molar-refractivity contribution is 0.0516. The zero-order valence-corrected chi connectivity index (χ0v) is 10.8. The van der Waals surface area contributed by atoms with E-state index in [0.717, 1.165) is 5.69 Å². The van der Waals surface area contributed by atoms with Crippen molar-refractivity contribution < 1.29 is 9.53 Å². The molecule has 2 rings (SSSR count). The van der Waals surface area contributed by atoms with Crippen molar-refractivity contribution in [2.75, 3.05) is 6.61 Å². The number of hydrogen-bond acceptors (Lipinski definition) is 6. The second kappa shape index (κ2) is 5.29. The zero-order chi connectivity index (χ0) is 12.3. The standard InChI is InChI=1S/C11H10N2O2S2/c1-2-15-10(14)8-11(16)17-9(13-8)7-5-3-4-6-12-7/h3-6,16H,2H2,1H3. The number of carbonyl (C=O) groups is 1. The number of rotatable bonds is 3. The Morgan fingerprint density at radius 3 is 3.00 bits per heavy atom. The highest BCUT2D eigenvalue weighted by Crippen LogP contribution is 2.29. The predicted octanol–water partition coefficient (Wildman–Crippen LogP) is 2.67. The molecule has 2 aromatic heterocycles. The minimum absolute atomic E-state index is 0.251. The van der Waals surface area contributed by atoms with Gasteiger partial charge in [0.15, 0.2) is 5.69 Å². The van der Waals surface area contributed by atoms with Crippen LogP contribution in [0.3, 0.4) is 0 Å². The van der Waals surface area contributed by atoms with E-state index in [9.17, 15) is 4.79 Å². The molecule has 0 bridgehead atoms. The molecule has 0 saturated carbocycles. The van der Waals surface area contributed by atoms with E-state index in [2.05, 4.69) is 22.6 Å². The zero-order valence-electron chi connectivity index (χ0n) is 9.08. The maximum atomic E-state index is 11.6. The highest BCUT2D eigenvalue weighted by molar-refractivity contribution is 7.83. The summed E-state index contributed by atoms with van der Waals surface area (Å²) < 4.78 is 5.44. The van der Waals surface area contributed by atoms with Crippen molar-refractivity contribution in [2.45, 2.75) is 11.1 Å². The molecule has 2 aromatic rings. The van der Waals surface area contributed by atoms with Crippen molar-refractivity contribution in [3.05, 3.63) is 30.1 Å². The third-order valence-corrected chi connectivity index (χ3v) is 3.33. The summed E-state index contributed by atoms with van der Waals surface area (Å²) in [4.78, 5) is 19.9. The Morgan fingerprint density at radius 2 is 2.35 bits per heavy atom. The van der Waals surface area contributed by atoms with Crippen molar-refractivity contribution in [1.82, 2.24) is 9.97 Å². The summed E-state index contributed by atoms with van der Waals surface area (Å²) in [6.07, 6.45) is 1.68. The minimum atomic E-state index is -0.448. The maximum Gasteiger partial charge on any atom is 0.359 e. The van der Waals surface area contributed by atoms with Gasteiger partial charge < -0.3 is 4.74 Å². The molecule has 0 amide bonds. The molecule has 6 heteroatoms. The number of thiazole rings is 1. The van der Waals surface area contributed by atoms with E-state index < -0.39 is 5.97 Å². The van der Waals surface area contributed by atoms with Gasteiger partial charge in [-0.2, -0.15) is 0 Å². The van der Waals surface area contributed by atoms with Crippen LogP contribution in [0.15, 0.2) is 28.6 Å². The lowest BCUT2D eigenvalue weighted by Gasteiger charge is -1.97. The first kappa shape index (κ1) is 12.1. The molecule has 4 nitrogen and oxygen atoms in total. The van der Waals surface area contributed by atoms with E-state index in [-0.39, 0.29) is 5.69 Å². The summed E-state index contributed by atoms with van der Waals surface area (Å²) in [5.74, 6) is -0.448. The summed E-state index contributed by atoms with van der Waals surface area (Å²) in [6.45, 7) is 2.07. The number of thiol groups is 1. The van der Waals surface area contributed by atoms with Crippen LogP contribution in [0.5, 0.6) is 0 Å². The molecule has 0 unspecified atom stereocenters. The number of pyridine rings is 1. The first-order chi connectivity index (χ1) is 8.22. The van der Waals surface area contributed by atoms with Gasteiger partial charge in [0.1, 0.15) is 5.01 Å². The van der Waals surface area contributed by atoms with Gasteiger partial charge in [0, 0.05) is 6.20 Å². The normalized spacial score (nSPS) is 10.2. The summed E-state index contributed by atoms with van der Waals surface area (Å²) in [7, 11) is 0. The summed E-state index contributed by atoms with van der Waals surface area (Å²) in [6, 6.07) is 5.53. The lowest BCUT2D eigenvalue weighted by atomic mass is 10.4. The van der Waals surface area contributed by atoms with Crippen molar-refractivity contribution in [3.63, 3.8) is 0 Å². The average molecular weight is 266 g/mol. The number of hydrogen-bond donors (Lipinski definition) is 1. The number of esters is 1. The minimum Gasteiger partial charge on any atom is -0.461 e. The van der Waals surface area contributed by atoms with Crippen LogP contribution in [0.1, 0.15) is 17.4 Å². The van der Waals surface area contributed by atoms with E-state index in [1.165, 1.54) is 11.3 Å². The van der Waals surface area contributed by atoms with E-state index in [1.807, 2.05) is 18.2 Å². The molecule has 0 saturated heterocycles. The molecule has 0 aliphatic heterocycles. The van der Waals surface area contributed by atoms with Crippen LogP contribution in [0.25, 0.3) is 10.7 Å². The Kier molecular flexibility index (Phi) is 3.75. The van der Waals surface area contributed by atoms with Gasteiger partial charge >= 0.3 is 5.97 Å². The maximum absolute atomic E-state index is 11.6. The van der Waals surface area contributed by atoms with E-state index >= 15 is 0 Å². The SMILES string of the molecule is CCOC(=O)c1nc(-c2ccccn2)sc1S. The highest BCUT2D eigenvalue weighted by Gasteiger charge is 2.18. The van der Waals surface area contributed by atoms with Gasteiger partial charge in [0.2, 0.25) is 0 Å². The van der Waals surface area contributed by atoms with E-state index in [1.54, 1.807) is 13.1 Å². The van der Waals surface area contributed by atoms with Gasteiger partial charge in [-0.25, -0.2) is 9.78 Å². The molecule has 0 aromatic carbocycles. The summed E-state index contributed by atoms with van der Waals surface area (Å²) in [5.41, 5.74) is 0.976. The summed E-state index contributed by atoms with van der Waals surface area (Å²) in [5, 5.41) is 0.665. The predicted molar refractivity (Wildman–Crippen MR) is 68.6 cm³/mol. The highest BCUT2D eigenvalue weighted by atomic mass is 32.2. The van der Waals surface area contributed by atoms with Crippen LogP contribution < -0.4 is 0 Å². The van der Waals surface area contributed by atoms with Crippen LogP contribution in [0.4, 0.5) is 0 Å². The molecule has 2 heterocycles. The average Bonchev–Trinajstić information content (AvgIpc) is 2.73. The van der Waals surface area contributed by atoms with Gasteiger partial charge in [-0.15, -0.1) is 24.0 Å². The number of nitrogens with zero attached hydrogens (tertiary/aromatic N) is 2. The molecule has 0 radical (unpaired) electrons. The molecule has 0 aliphatic rings. The van der Waals surface area contributed by atoms with Gasteiger partial charge in [-0.3, -0.25) is 4.98 Å². The fourth-order valence-electron chi connectivity index (χ4n) is 1.24. The van der Waals surface area contributed by atoms with Crippen LogP contribution in [-0.2, 0) is 4.74 Å². The number of aromatic nitrogens is 2. The Labute approximate surface area is 108 Å².